The van der Waals surface area contributed by atoms with Gasteiger partial charge in [-0.1, -0.05) is 60.2 Å². The zero-order valence-electron chi connectivity index (χ0n) is 19.1. The van der Waals surface area contributed by atoms with E-state index >= 15 is 0 Å². The Labute approximate surface area is 194 Å². The van der Waals surface area contributed by atoms with Gasteiger partial charge in [0, 0.05) is 36.5 Å². The van der Waals surface area contributed by atoms with Gasteiger partial charge in [0.2, 0.25) is 5.91 Å². The number of nitrogens with zero attached hydrogens (tertiary/aromatic N) is 3. The lowest BCUT2D eigenvalue weighted by Crippen LogP contribution is -2.39. The van der Waals surface area contributed by atoms with E-state index in [1.54, 1.807) is 11.0 Å². The lowest BCUT2D eigenvalue weighted by atomic mass is 9.97. The van der Waals surface area contributed by atoms with E-state index in [9.17, 15) is 9.59 Å². The lowest BCUT2D eigenvalue weighted by molar-refractivity contribution is -0.148. The molecule has 0 saturated carbocycles. The number of aromatic nitrogens is 2. The topological polar surface area (TPSA) is 64.4 Å². The molecule has 2 aromatic carbocycles. The van der Waals surface area contributed by atoms with Crippen LogP contribution >= 0.6 is 0 Å². The molecule has 33 heavy (non-hydrogen) atoms. The summed E-state index contributed by atoms with van der Waals surface area (Å²) in [5.41, 5.74) is 5.10. The van der Waals surface area contributed by atoms with Crippen LogP contribution in [0.4, 0.5) is 0 Å². The van der Waals surface area contributed by atoms with Crippen LogP contribution in [0.1, 0.15) is 29.5 Å². The molecule has 0 aliphatic carbocycles. The van der Waals surface area contributed by atoms with Crippen LogP contribution in [0.3, 0.4) is 0 Å². The highest BCUT2D eigenvalue weighted by Crippen LogP contribution is 2.25. The Kier molecular flexibility index (Phi) is 7.03. The van der Waals surface area contributed by atoms with Gasteiger partial charge in [0.1, 0.15) is 0 Å². The molecular weight excluding hydrogens is 414 g/mol. The first-order valence-corrected chi connectivity index (χ1v) is 11.3. The van der Waals surface area contributed by atoms with Crippen molar-refractivity contribution in [1.82, 2.24) is 14.7 Å². The zero-order valence-corrected chi connectivity index (χ0v) is 19.1. The summed E-state index contributed by atoms with van der Waals surface area (Å²) < 4.78 is 6.75. The minimum absolute atomic E-state index is 0.0519. The van der Waals surface area contributed by atoms with Crippen LogP contribution in [0, 0.1) is 12.8 Å². The molecule has 0 spiro atoms. The fourth-order valence-corrected chi connectivity index (χ4v) is 4.11. The predicted octanol–water partition coefficient (Wildman–Crippen LogP) is 4.33. The highest BCUT2D eigenvalue weighted by atomic mass is 16.5. The average Bonchev–Trinajstić information content (AvgIpc) is 3.25. The first kappa shape index (κ1) is 22.5. The molecule has 1 amide bonds. The van der Waals surface area contributed by atoms with Gasteiger partial charge in [-0.3, -0.25) is 14.3 Å². The number of carbonyl (C=O) groups is 2. The number of ether oxygens (including phenoxy) is 1. The van der Waals surface area contributed by atoms with Gasteiger partial charge in [0.25, 0.3) is 0 Å². The Hall–Kier alpha value is -3.67. The molecule has 3 aromatic rings. The van der Waals surface area contributed by atoms with E-state index < -0.39 is 0 Å². The third-order valence-corrected chi connectivity index (χ3v) is 6.05. The molecule has 1 aliphatic rings. The van der Waals surface area contributed by atoms with Crippen molar-refractivity contribution in [2.24, 2.45) is 5.92 Å². The van der Waals surface area contributed by atoms with Crippen LogP contribution in [-0.4, -0.2) is 46.8 Å². The number of piperidine rings is 1. The van der Waals surface area contributed by atoms with Crippen molar-refractivity contribution in [3.8, 4) is 11.3 Å². The summed E-state index contributed by atoms with van der Waals surface area (Å²) in [5.74, 6) is -0.359. The molecule has 6 heteroatoms. The number of carbonyl (C=O) groups excluding carboxylic acids is 2. The minimum atomic E-state index is -0.189. The summed E-state index contributed by atoms with van der Waals surface area (Å²) in [5, 5.41) is 4.82. The summed E-state index contributed by atoms with van der Waals surface area (Å²) in [6, 6.07) is 18.4. The monoisotopic (exact) mass is 443 g/mol. The van der Waals surface area contributed by atoms with Gasteiger partial charge in [-0.05, 0) is 31.4 Å². The number of methoxy groups -OCH3 is 1. The number of likely N-dealkylation sites (tertiary alicyclic amines) is 1. The summed E-state index contributed by atoms with van der Waals surface area (Å²) in [7, 11) is 1.41. The molecule has 4 rings (SSSR count). The van der Waals surface area contributed by atoms with Crippen LogP contribution in [0.15, 0.2) is 66.9 Å². The van der Waals surface area contributed by atoms with Crippen molar-refractivity contribution >= 4 is 18.0 Å². The molecular formula is C27H29N3O3. The number of hydrogen-bond donors (Lipinski definition) is 0. The van der Waals surface area contributed by atoms with Crippen molar-refractivity contribution in [1.29, 1.82) is 0 Å². The van der Waals surface area contributed by atoms with Gasteiger partial charge in [0.05, 0.1) is 25.3 Å². The van der Waals surface area contributed by atoms with E-state index in [-0.39, 0.29) is 17.8 Å². The van der Waals surface area contributed by atoms with Crippen molar-refractivity contribution < 1.29 is 14.3 Å². The molecule has 1 aliphatic heterocycles. The number of benzene rings is 2. The van der Waals surface area contributed by atoms with Crippen LogP contribution in [0.25, 0.3) is 17.3 Å². The van der Waals surface area contributed by atoms with Crippen molar-refractivity contribution in [3.63, 3.8) is 0 Å². The minimum Gasteiger partial charge on any atom is -0.469 e. The standard InChI is InChI=1S/C27H29N3O3/c1-20-8-10-22(11-9-20)26-24(19-30(28-26)18-21-6-4-3-5-7-21)12-13-25(31)29-16-14-23(15-17-29)27(32)33-2/h3-13,19,23H,14-18H2,1-2H3/b13-12+. The Bertz CT molecular complexity index is 1130. The van der Waals surface area contributed by atoms with Gasteiger partial charge in [-0.2, -0.15) is 5.10 Å². The van der Waals surface area contributed by atoms with E-state index in [0.717, 1.165) is 22.4 Å². The average molecular weight is 444 g/mol. The maximum absolute atomic E-state index is 12.8. The van der Waals surface area contributed by atoms with Crippen molar-refractivity contribution in [3.05, 3.63) is 83.6 Å². The largest absolute Gasteiger partial charge is 0.469 e. The Balaban J connectivity index is 1.53. The van der Waals surface area contributed by atoms with Crippen LogP contribution in [0.5, 0.6) is 0 Å². The SMILES string of the molecule is COC(=O)C1CCN(C(=O)/C=C/c2cn(Cc3ccccc3)nc2-c2ccc(C)cc2)CC1. The second-order valence-corrected chi connectivity index (χ2v) is 8.44. The smallest absolute Gasteiger partial charge is 0.308 e. The summed E-state index contributed by atoms with van der Waals surface area (Å²) in [6.07, 6.45) is 6.71. The fourth-order valence-electron chi connectivity index (χ4n) is 4.11. The molecule has 1 aromatic heterocycles. The molecule has 0 bridgehead atoms. The predicted molar refractivity (Wildman–Crippen MR) is 128 cm³/mol. The van der Waals surface area contributed by atoms with Crippen LogP contribution < -0.4 is 0 Å². The number of amides is 1. The fraction of sp³-hybridized carbons (Fsp3) is 0.296. The first-order chi connectivity index (χ1) is 16.0. The molecule has 1 fully saturated rings. The third kappa shape index (κ3) is 5.58. The maximum Gasteiger partial charge on any atom is 0.308 e. The van der Waals surface area contributed by atoms with Crippen LogP contribution in [0.2, 0.25) is 0 Å². The number of hydrogen-bond acceptors (Lipinski definition) is 4. The molecule has 170 valence electrons. The molecule has 0 N–H and O–H groups in total. The van der Waals surface area contributed by atoms with E-state index in [1.165, 1.54) is 12.7 Å². The van der Waals surface area contributed by atoms with Crippen molar-refractivity contribution in [2.75, 3.05) is 20.2 Å². The molecule has 1 saturated heterocycles. The lowest BCUT2D eigenvalue weighted by Gasteiger charge is -2.29. The normalized spacial score (nSPS) is 14.5. The number of rotatable bonds is 6. The Morgan fingerprint density at radius 2 is 1.76 bits per heavy atom. The van der Waals surface area contributed by atoms with E-state index in [1.807, 2.05) is 35.2 Å². The van der Waals surface area contributed by atoms with Gasteiger partial charge in [-0.25, -0.2) is 0 Å². The molecule has 0 unspecified atom stereocenters. The highest BCUT2D eigenvalue weighted by Gasteiger charge is 2.27. The summed E-state index contributed by atoms with van der Waals surface area (Å²) in [4.78, 5) is 26.3. The quantitative estimate of drug-likeness (QED) is 0.420. The van der Waals surface area contributed by atoms with Gasteiger partial charge >= 0.3 is 5.97 Å². The van der Waals surface area contributed by atoms with Gasteiger partial charge in [0.15, 0.2) is 0 Å². The molecule has 0 atom stereocenters. The maximum atomic E-state index is 12.8. The molecule has 6 nitrogen and oxygen atoms in total. The van der Waals surface area contributed by atoms with Crippen molar-refractivity contribution in [2.45, 2.75) is 26.3 Å². The first-order valence-electron chi connectivity index (χ1n) is 11.3. The van der Waals surface area contributed by atoms with Crippen LogP contribution in [-0.2, 0) is 20.9 Å². The van der Waals surface area contributed by atoms with Gasteiger partial charge < -0.3 is 9.64 Å². The third-order valence-electron chi connectivity index (χ3n) is 6.05. The number of aryl methyl sites for hydroxylation is 1. The summed E-state index contributed by atoms with van der Waals surface area (Å²) in [6.45, 7) is 3.82. The Morgan fingerprint density at radius 1 is 1.06 bits per heavy atom. The van der Waals surface area contributed by atoms with E-state index in [4.69, 9.17) is 9.84 Å². The second-order valence-electron chi connectivity index (χ2n) is 8.44. The molecule has 0 radical (unpaired) electrons. The highest BCUT2D eigenvalue weighted by molar-refractivity contribution is 5.93. The Morgan fingerprint density at radius 3 is 2.42 bits per heavy atom. The zero-order chi connectivity index (χ0) is 23.2. The van der Waals surface area contributed by atoms with E-state index in [0.29, 0.717) is 32.5 Å². The summed E-state index contributed by atoms with van der Waals surface area (Å²) >= 11 is 0. The molecule has 2 heterocycles. The second kappa shape index (κ2) is 10.3. The van der Waals surface area contributed by atoms with E-state index in [2.05, 4.69) is 43.3 Å². The number of esters is 1. The van der Waals surface area contributed by atoms with Gasteiger partial charge in [-0.15, -0.1) is 0 Å².